The van der Waals surface area contributed by atoms with E-state index in [-0.39, 0.29) is 18.0 Å². The minimum absolute atomic E-state index is 0.0504. The van der Waals surface area contributed by atoms with Crippen LogP contribution in [0, 0.1) is 13.8 Å². The average molecular weight is 270 g/mol. The average Bonchev–Trinajstić information content (AvgIpc) is 2.33. The van der Waals surface area contributed by atoms with Gasteiger partial charge in [0.2, 0.25) is 5.91 Å². The van der Waals surface area contributed by atoms with E-state index in [1.807, 2.05) is 45.9 Å². The molecule has 1 rings (SSSR count). The number of alkyl halides is 1. The van der Waals surface area contributed by atoms with Crippen LogP contribution >= 0.6 is 11.6 Å². The number of benzene rings is 1. The number of carbonyl (C=O) groups is 1. The van der Waals surface area contributed by atoms with Crippen molar-refractivity contribution in [2.45, 2.75) is 33.9 Å². The second-order valence-electron chi connectivity index (χ2n) is 4.19. The highest BCUT2D eigenvalue weighted by atomic mass is 35.5. The number of ether oxygens (including phenoxy) is 1. The number of nitrogens with zero attached hydrogens (tertiary/aromatic N) is 1. The molecule has 1 aromatic carbocycles. The maximum Gasteiger partial charge on any atom is 0.244 e. The predicted molar refractivity (Wildman–Crippen MR) is 75.2 cm³/mol. The maximum absolute atomic E-state index is 12.0. The van der Waals surface area contributed by atoms with Crippen molar-refractivity contribution in [3.8, 4) is 0 Å². The number of hydrogen-bond acceptors (Lipinski definition) is 2. The molecule has 3 nitrogen and oxygen atoms in total. The van der Waals surface area contributed by atoms with Gasteiger partial charge in [-0.25, -0.2) is 0 Å². The first-order valence-electron chi connectivity index (χ1n) is 6.08. The fraction of sp³-hybridized carbons (Fsp3) is 0.500. The Kier molecular flexibility index (Phi) is 5.63. The van der Waals surface area contributed by atoms with Crippen molar-refractivity contribution in [3.05, 3.63) is 29.3 Å². The Bertz CT molecular complexity index is 400. The number of hydrogen-bond donors (Lipinski definition) is 0. The van der Waals surface area contributed by atoms with Crippen molar-refractivity contribution >= 4 is 23.2 Å². The van der Waals surface area contributed by atoms with E-state index in [0.717, 1.165) is 16.8 Å². The van der Waals surface area contributed by atoms with E-state index in [2.05, 4.69) is 0 Å². The number of carbonyl (C=O) groups excluding carboxylic acids is 1. The van der Waals surface area contributed by atoms with Crippen LogP contribution in [0.2, 0.25) is 0 Å². The molecule has 0 aliphatic carbocycles. The lowest BCUT2D eigenvalue weighted by atomic mass is 10.1. The Hall–Kier alpha value is -1.06. The molecule has 0 aliphatic heterocycles. The Labute approximate surface area is 114 Å². The van der Waals surface area contributed by atoms with Gasteiger partial charge in [0, 0.05) is 6.61 Å². The molecule has 1 amide bonds. The van der Waals surface area contributed by atoms with Crippen LogP contribution in [-0.4, -0.2) is 24.6 Å². The first-order chi connectivity index (χ1) is 8.52. The van der Waals surface area contributed by atoms with Crippen molar-refractivity contribution in [2.75, 3.05) is 17.4 Å². The van der Waals surface area contributed by atoms with Crippen LogP contribution in [0.15, 0.2) is 18.2 Å². The van der Waals surface area contributed by atoms with Gasteiger partial charge >= 0.3 is 0 Å². The summed E-state index contributed by atoms with van der Waals surface area (Å²) in [4.78, 5) is 13.7. The summed E-state index contributed by atoms with van der Waals surface area (Å²) in [6, 6.07) is 5.94. The predicted octanol–water partition coefficient (Wildman–Crippen LogP) is 3.26. The number of para-hydroxylation sites is 1. The van der Waals surface area contributed by atoms with Crippen LogP contribution in [0.5, 0.6) is 0 Å². The molecule has 0 unspecified atom stereocenters. The lowest BCUT2D eigenvalue weighted by Gasteiger charge is -2.31. The number of amides is 1. The topological polar surface area (TPSA) is 29.5 Å². The van der Waals surface area contributed by atoms with Crippen LogP contribution in [0.3, 0.4) is 0 Å². The van der Waals surface area contributed by atoms with Crippen molar-refractivity contribution in [1.29, 1.82) is 0 Å². The molecule has 0 N–H and O–H groups in total. The van der Waals surface area contributed by atoms with Crippen molar-refractivity contribution in [2.24, 2.45) is 0 Å². The fourth-order valence-corrected chi connectivity index (χ4v) is 2.20. The van der Waals surface area contributed by atoms with Crippen molar-refractivity contribution in [1.82, 2.24) is 0 Å². The third-order valence-corrected chi connectivity index (χ3v) is 3.06. The Morgan fingerprint density at radius 2 is 1.94 bits per heavy atom. The molecule has 18 heavy (non-hydrogen) atoms. The summed E-state index contributed by atoms with van der Waals surface area (Å²) in [5.41, 5.74) is 2.98. The largest absolute Gasteiger partial charge is 0.359 e. The zero-order chi connectivity index (χ0) is 13.7. The second-order valence-corrected chi connectivity index (χ2v) is 4.46. The molecule has 0 fully saturated rings. The number of rotatable bonds is 5. The minimum Gasteiger partial charge on any atom is -0.359 e. The SMILES string of the molecule is CCO[C@@H](C)N(C(=O)CCl)c1c(C)cccc1C. The van der Waals surface area contributed by atoms with Gasteiger partial charge in [-0.05, 0) is 38.8 Å². The molecular weight excluding hydrogens is 250 g/mol. The molecule has 0 bridgehead atoms. The van der Waals surface area contributed by atoms with E-state index >= 15 is 0 Å². The third kappa shape index (κ3) is 3.24. The third-order valence-electron chi connectivity index (χ3n) is 2.83. The molecule has 100 valence electrons. The number of halogens is 1. The molecule has 1 atom stereocenters. The second kappa shape index (κ2) is 6.76. The highest BCUT2D eigenvalue weighted by molar-refractivity contribution is 6.29. The van der Waals surface area contributed by atoms with Gasteiger partial charge in [-0.15, -0.1) is 11.6 Å². The maximum atomic E-state index is 12.0. The van der Waals surface area contributed by atoms with Gasteiger partial charge < -0.3 is 4.74 Å². The van der Waals surface area contributed by atoms with E-state index in [0.29, 0.717) is 6.61 Å². The van der Waals surface area contributed by atoms with E-state index in [9.17, 15) is 4.79 Å². The zero-order valence-electron chi connectivity index (χ0n) is 11.4. The lowest BCUT2D eigenvalue weighted by molar-refractivity contribution is -0.118. The molecule has 0 aromatic heterocycles. The van der Waals surface area contributed by atoms with Crippen LogP contribution in [0.25, 0.3) is 0 Å². The van der Waals surface area contributed by atoms with Crippen molar-refractivity contribution in [3.63, 3.8) is 0 Å². The van der Waals surface area contributed by atoms with Gasteiger partial charge in [-0.3, -0.25) is 9.69 Å². The van der Waals surface area contributed by atoms with Gasteiger partial charge in [0.15, 0.2) is 0 Å². The summed E-state index contributed by atoms with van der Waals surface area (Å²) in [5, 5.41) is 0. The summed E-state index contributed by atoms with van der Waals surface area (Å²) in [7, 11) is 0. The molecular formula is C14H20ClNO2. The smallest absolute Gasteiger partial charge is 0.244 e. The van der Waals surface area contributed by atoms with E-state index in [1.165, 1.54) is 0 Å². The minimum atomic E-state index is -0.318. The lowest BCUT2D eigenvalue weighted by Crippen LogP contribution is -2.42. The molecule has 0 spiro atoms. The van der Waals surface area contributed by atoms with Gasteiger partial charge in [0.25, 0.3) is 0 Å². The van der Waals surface area contributed by atoms with Gasteiger partial charge in [-0.1, -0.05) is 18.2 Å². The van der Waals surface area contributed by atoms with Crippen LogP contribution < -0.4 is 4.90 Å². The number of anilines is 1. The van der Waals surface area contributed by atoms with Gasteiger partial charge in [0.05, 0.1) is 5.69 Å². The van der Waals surface area contributed by atoms with E-state index in [1.54, 1.807) is 4.90 Å². The molecule has 0 heterocycles. The molecule has 1 aromatic rings. The Morgan fingerprint density at radius 1 is 1.39 bits per heavy atom. The molecule has 0 radical (unpaired) electrons. The quantitative estimate of drug-likeness (QED) is 0.607. The van der Waals surface area contributed by atoms with Gasteiger partial charge in [0.1, 0.15) is 12.1 Å². The van der Waals surface area contributed by atoms with Gasteiger partial charge in [-0.2, -0.15) is 0 Å². The fourth-order valence-electron chi connectivity index (χ4n) is 2.08. The number of aryl methyl sites for hydroxylation is 2. The van der Waals surface area contributed by atoms with Crippen LogP contribution in [0.1, 0.15) is 25.0 Å². The van der Waals surface area contributed by atoms with Crippen molar-refractivity contribution < 1.29 is 9.53 Å². The molecule has 4 heteroatoms. The summed E-state index contributed by atoms with van der Waals surface area (Å²) in [6.07, 6.45) is -0.318. The first-order valence-corrected chi connectivity index (χ1v) is 6.62. The summed E-state index contributed by atoms with van der Waals surface area (Å²) < 4.78 is 5.54. The molecule has 0 aliphatic rings. The highest BCUT2D eigenvalue weighted by Crippen LogP contribution is 2.27. The summed E-state index contributed by atoms with van der Waals surface area (Å²) in [5.74, 6) is -0.194. The monoisotopic (exact) mass is 269 g/mol. The van der Waals surface area contributed by atoms with Crippen LogP contribution in [-0.2, 0) is 9.53 Å². The first kappa shape index (κ1) is 15.0. The van der Waals surface area contributed by atoms with Crippen LogP contribution in [0.4, 0.5) is 5.69 Å². The Morgan fingerprint density at radius 3 is 2.39 bits per heavy atom. The normalized spacial score (nSPS) is 12.3. The Balaban J connectivity index is 3.21. The zero-order valence-corrected chi connectivity index (χ0v) is 12.1. The summed E-state index contributed by atoms with van der Waals surface area (Å²) in [6.45, 7) is 8.29. The van der Waals surface area contributed by atoms with E-state index < -0.39 is 0 Å². The molecule has 0 saturated heterocycles. The van der Waals surface area contributed by atoms with E-state index in [4.69, 9.17) is 16.3 Å². The summed E-state index contributed by atoms with van der Waals surface area (Å²) >= 11 is 5.70. The highest BCUT2D eigenvalue weighted by Gasteiger charge is 2.24. The standard InChI is InChI=1S/C14H20ClNO2/c1-5-18-12(4)16(13(17)9-15)14-10(2)7-6-8-11(14)3/h6-8,12H,5,9H2,1-4H3/t12-/m0/s1. The molecule has 0 saturated carbocycles.